The quantitative estimate of drug-likeness (QED) is 0.473. The highest BCUT2D eigenvalue weighted by atomic mass is 15.1. The van der Waals surface area contributed by atoms with E-state index < -0.39 is 0 Å². The first-order valence-electron chi connectivity index (χ1n) is 9.02. The predicted octanol–water partition coefficient (Wildman–Crippen LogP) is 5.08. The Bertz CT molecular complexity index is 1100. The van der Waals surface area contributed by atoms with Crippen LogP contribution in [0.3, 0.4) is 0 Å². The molecule has 5 rings (SSSR count). The average Bonchev–Trinajstić information content (AvgIpc) is 2.94. The van der Waals surface area contributed by atoms with Gasteiger partial charge in [0.05, 0.1) is 11.2 Å². The van der Waals surface area contributed by atoms with Gasteiger partial charge >= 0.3 is 0 Å². The summed E-state index contributed by atoms with van der Waals surface area (Å²) in [5, 5.41) is 4.04. The lowest BCUT2D eigenvalue weighted by molar-refractivity contribution is 0.311. The third-order valence-corrected chi connectivity index (χ3v) is 5.50. The summed E-state index contributed by atoms with van der Waals surface area (Å²) in [5.74, 6) is 0. The van der Waals surface area contributed by atoms with Crippen molar-refractivity contribution in [2.75, 3.05) is 13.6 Å². The van der Waals surface area contributed by atoms with Crippen molar-refractivity contribution in [2.45, 2.75) is 19.9 Å². The molecule has 3 aromatic carbocycles. The van der Waals surface area contributed by atoms with Crippen LogP contribution in [0.15, 0.2) is 60.7 Å². The van der Waals surface area contributed by atoms with Crippen molar-refractivity contribution in [3.63, 3.8) is 0 Å². The molecule has 4 aromatic rings. The maximum Gasteiger partial charge on any atom is 0.0537 e. The second kappa shape index (κ2) is 5.47. The van der Waals surface area contributed by atoms with Crippen LogP contribution in [0, 0.1) is 6.92 Å². The van der Waals surface area contributed by atoms with E-state index in [1.807, 2.05) is 0 Å². The highest BCUT2D eigenvalue weighted by Gasteiger charge is 2.23. The first-order valence-corrected chi connectivity index (χ1v) is 9.02. The summed E-state index contributed by atoms with van der Waals surface area (Å²) < 4.78 is 2.51. The molecule has 0 unspecified atom stereocenters. The Labute approximate surface area is 148 Å². The molecule has 0 bridgehead atoms. The van der Waals surface area contributed by atoms with E-state index in [-0.39, 0.29) is 0 Å². The van der Waals surface area contributed by atoms with Gasteiger partial charge in [-0.25, -0.2) is 0 Å². The molecule has 0 radical (unpaired) electrons. The van der Waals surface area contributed by atoms with Gasteiger partial charge in [-0.2, -0.15) is 0 Å². The van der Waals surface area contributed by atoms with Crippen LogP contribution in [-0.4, -0.2) is 23.1 Å². The molecule has 25 heavy (non-hydrogen) atoms. The van der Waals surface area contributed by atoms with E-state index in [0.717, 1.165) is 19.5 Å². The van der Waals surface area contributed by atoms with Crippen LogP contribution >= 0.6 is 0 Å². The summed E-state index contributed by atoms with van der Waals surface area (Å²) in [6.07, 6.45) is 1.10. The minimum Gasteiger partial charge on any atom is -0.313 e. The lowest BCUT2D eigenvalue weighted by Crippen LogP contribution is -2.27. The summed E-state index contributed by atoms with van der Waals surface area (Å²) in [7, 11) is 2.22. The van der Waals surface area contributed by atoms with Crippen LogP contribution in [0.4, 0.5) is 0 Å². The summed E-state index contributed by atoms with van der Waals surface area (Å²) in [5.41, 5.74) is 6.95. The van der Waals surface area contributed by atoms with Gasteiger partial charge in [0.15, 0.2) is 0 Å². The fraction of sp³-hybridized carbons (Fsp3) is 0.217. The number of aromatic nitrogens is 1. The van der Waals surface area contributed by atoms with Gasteiger partial charge in [0.1, 0.15) is 0 Å². The zero-order valence-corrected chi connectivity index (χ0v) is 14.8. The van der Waals surface area contributed by atoms with Crippen molar-refractivity contribution in [2.24, 2.45) is 0 Å². The van der Waals surface area contributed by atoms with E-state index in [1.54, 1.807) is 0 Å². The molecule has 0 fully saturated rings. The monoisotopic (exact) mass is 326 g/mol. The summed E-state index contributed by atoms with van der Waals surface area (Å²) in [4.78, 5) is 2.43. The molecule has 2 heteroatoms. The molecule has 1 aliphatic heterocycles. The number of hydrogen-bond acceptors (Lipinski definition) is 1. The Kier molecular flexibility index (Phi) is 3.22. The van der Waals surface area contributed by atoms with Crippen LogP contribution in [0.1, 0.15) is 16.8 Å². The predicted molar refractivity (Wildman–Crippen MR) is 106 cm³/mol. The molecule has 2 heterocycles. The van der Waals surface area contributed by atoms with Gasteiger partial charge in [-0.15, -0.1) is 0 Å². The number of aryl methyl sites for hydroxylation is 1. The first kappa shape index (κ1) is 14.7. The van der Waals surface area contributed by atoms with Crippen molar-refractivity contribution in [1.82, 2.24) is 9.47 Å². The molecule has 1 aromatic heterocycles. The third-order valence-electron chi connectivity index (χ3n) is 5.50. The Morgan fingerprint density at radius 3 is 2.64 bits per heavy atom. The highest BCUT2D eigenvalue weighted by Crippen LogP contribution is 2.35. The SMILES string of the molecule is Cc1ccc2c(c1)c1c(n2-c2cccc3ccccc23)CCN(C)C1. The van der Waals surface area contributed by atoms with Gasteiger partial charge in [0.25, 0.3) is 0 Å². The van der Waals surface area contributed by atoms with E-state index in [0.29, 0.717) is 0 Å². The van der Waals surface area contributed by atoms with Crippen molar-refractivity contribution in [3.8, 4) is 5.69 Å². The van der Waals surface area contributed by atoms with Crippen LogP contribution in [0.25, 0.3) is 27.4 Å². The molecule has 0 aliphatic carbocycles. The first-order chi connectivity index (χ1) is 12.2. The molecule has 0 atom stereocenters. The van der Waals surface area contributed by atoms with E-state index in [1.165, 1.54) is 44.2 Å². The Balaban J connectivity index is 1.90. The van der Waals surface area contributed by atoms with Gasteiger partial charge in [0.2, 0.25) is 0 Å². The van der Waals surface area contributed by atoms with Gasteiger partial charge in [-0.1, -0.05) is 48.0 Å². The molecule has 1 aliphatic rings. The molecule has 124 valence electrons. The van der Waals surface area contributed by atoms with E-state index in [2.05, 4.69) is 84.1 Å². The molecule has 2 nitrogen and oxygen atoms in total. The largest absolute Gasteiger partial charge is 0.313 e. The maximum absolute atomic E-state index is 2.51. The fourth-order valence-electron chi connectivity index (χ4n) is 4.29. The topological polar surface area (TPSA) is 8.17 Å². The molecular formula is C23H22N2. The lowest BCUT2D eigenvalue weighted by Gasteiger charge is -2.24. The zero-order chi connectivity index (χ0) is 17.0. The smallest absolute Gasteiger partial charge is 0.0537 e. The minimum absolute atomic E-state index is 1.03. The maximum atomic E-state index is 2.51. The fourth-order valence-corrected chi connectivity index (χ4v) is 4.29. The third kappa shape index (κ3) is 2.21. The number of benzene rings is 3. The summed E-state index contributed by atoms with van der Waals surface area (Å²) >= 11 is 0. The molecular weight excluding hydrogens is 304 g/mol. The lowest BCUT2D eigenvalue weighted by atomic mass is 10.0. The number of likely N-dealkylation sites (N-methyl/N-ethyl adjacent to an activating group) is 1. The number of fused-ring (bicyclic) bond motifs is 4. The minimum atomic E-state index is 1.03. The van der Waals surface area contributed by atoms with Crippen LogP contribution in [0.2, 0.25) is 0 Å². The van der Waals surface area contributed by atoms with Crippen molar-refractivity contribution in [3.05, 3.63) is 77.5 Å². The van der Waals surface area contributed by atoms with Crippen LogP contribution in [-0.2, 0) is 13.0 Å². The van der Waals surface area contributed by atoms with Crippen LogP contribution < -0.4 is 0 Å². The average molecular weight is 326 g/mol. The van der Waals surface area contributed by atoms with E-state index in [9.17, 15) is 0 Å². The second-order valence-corrected chi connectivity index (χ2v) is 7.27. The number of hydrogen-bond donors (Lipinski definition) is 0. The van der Waals surface area contributed by atoms with Gasteiger partial charge in [-0.3, -0.25) is 0 Å². The number of rotatable bonds is 1. The zero-order valence-electron chi connectivity index (χ0n) is 14.8. The van der Waals surface area contributed by atoms with Crippen LogP contribution in [0.5, 0.6) is 0 Å². The van der Waals surface area contributed by atoms with E-state index in [4.69, 9.17) is 0 Å². The molecule has 0 N–H and O–H groups in total. The molecule has 0 amide bonds. The van der Waals surface area contributed by atoms with Gasteiger partial charge < -0.3 is 9.47 Å². The van der Waals surface area contributed by atoms with E-state index >= 15 is 0 Å². The second-order valence-electron chi connectivity index (χ2n) is 7.27. The molecule has 0 saturated heterocycles. The Hall–Kier alpha value is -2.58. The Morgan fingerprint density at radius 2 is 1.72 bits per heavy atom. The van der Waals surface area contributed by atoms with Crippen molar-refractivity contribution in [1.29, 1.82) is 0 Å². The number of nitrogens with zero attached hydrogens (tertiary/aromatic N) is 2. The van der Waals surface area contributed by atoms with Gasteiger partial charge in [0, 0.05) is 36.0 Å². The Morgan fingerprint density at radius 1 is 0.880 bits per heavy atom. The summed E-state index contributed by atoms with van der Waals surface area (Å²) in [6.45, 7) is 4.34. The standard InChI is InChI=1S/C23H22N2/c1-16-10-11-22-19(14-16)20-15-24(2)13-12-23(20)25(22)21-9-5-7-17-6-3-4-8-18(17)21/h3-11,14H,12-13,15H2,1-2H3. The summed E-state index contributed by atoms with van der Waals surface area (Å²) in [6, 6.07) is 22.2. The van der Waals surface area contributed by atoms with Crippen molar-refractivity contribution < 1.29 is 0 Å². The van der Waals surface area contributed by atoms with Gasteiger partial charge in [-0.05, 0) is 43.1 Å². The molecule has 0 spiro atoms. The highest BCUT2D eigenvalue weighted by molar-refractivity contribution is 5.95. The normalized spacial score (nSPS) is 15.0. The van der Waals surface area contributed by atoms with Crippen molar-refractivity contribution >= 4 is 21.7 Å². The molecule has 0 saturated carbocycles.